The van der Waals surface area contributed by atoms with E-state index in [-0.39, 0.29) is 18.7 Å². The third kappa shape index (κ3) is 6.41. The van der Waals surface area contributed by atoms with Gasteiger partial charge in [-0.15, -0.1) is 0 Å². The van der Waals surface area contributed by atoms with Crippen molar-refractivity contribution in [2.45, 2.75) is 95.8 Å². The van der Waals surface area contributed by atoms with Crippen LogP contribution in [-0.4, -0.2) is 88.2 Å². The summed E-state index contributed by atoms with van der Waals surface area (Å²) in [5, 5.41) is 12.3. The Hall–Kier alpha value is -4.54. The van der Waals surface area contributed by atoms with Gasteiger partial charge in [-0.3, -0.25) is 39.2 Å². The maximum atomic E-state index is 13.3. The van der Waals surface area contributed by atoms with Crippen LogP contribution in [0.25, 0.3) is 0 Å². The Morgan fingerprint density at radius 2 is 1.43 bits per heavy atom. The molecular formula is C44H51N5O5. The van der Waals surface area contributed by atoms with E-state index in [0.717, 1.165) is 74.7 Å². The fourth-order valence-electron chi connectivity index (χ4n) is 10.6. The van der Waals surface area contributed by atoms with Crippen molar-refractivity contribution < 1.29 is 24.3 Å². The molecule has 4 heterocycles. The maximum absolute atomic E-state index is 13.3. The summed E-state index contributed by atoms with van der Waals surface area (Å²) in [7, 11) is 0. The van der Waals surface area contributed by atoms with E-state index in [4.69, 9.17) is 0 Å². The number of anilines is 1. The Morgan fingerprint density at radius 3 is 2.07 bits per heavy atom. The summed E-state index contributed by atoms with van der Waals surface area (Å²) in [6, 6.07) is 18.7. The minimum absolute atomic E-state index is 0.119. The molecule has 3 aromatic carbocycles. The lowest BCUT2D eigenvalue weighted by Crippen LogP contribution is -2.54. The number of nitrogens with one attached hydrogen (secondary N) is 1. The number of rotatable bonds is 7. The smallest absolute Gasteiger partial charge is 0.262 e. The number of imide groups is 2. The molecule has 9 rings (SSSR count). The summed E-state index contributed by atoms with van der Waals surface area (Å²) in [6.07, 6.45) is 8.55. The summed E-state index contributed by atoms with van der Waals surface area (Å²) < 4.78 is 0. The number of hydrogen-bond acceptors (Lipinski definition) is 8. The first kappa shape index (κ1) is 35.2. The highest BCUT2D eigenvalue weighted by Gasteiger charge is 2.45. The lowest BCUT2D eigenvalue weighted by molar-refractivity contribution is -0.136. The van der Waals surface area contributed by atoms with Gasteiger partial charge in [-0.05, 0) is 121 Å². The summed E-state index contributed by atoms with van der Waals surface area (Å²) in [5.41, 5.74) is 8.31. The molecule has 0 bridgehead atoms. The summed E-state index contributed by atoms with van der Waals surface area (Å²) in [4.78, 5) is 59.5. The van der Waals surface area contributed by atoms with Crippen molar-refractivity contribution in [3.63, 3.8) is 0 Å². The van der Waals surface area contributed by atoms with E-state index in [1.807, 2.05) is 24.3 Å². The number of amides is 4. The standard InChI is InChI=1S/C44H51N5O5/c1-2-28-5-6-30-21-35(50)13-14-36(30)41(28)29-7-11-34(12-8-29)48-19-17-47(18-20-48)33-9-3-27(4-10-33)24-46-25-31-22-37-38(23-32(31)26-46)44(54)49(43(37)53)39-15-16-40(51)45-42(39)52/h7-8,11-14,21-23,27-28,33,39,41,50H,2-6,9-10,15-20,24-26H2,1H3,(H,45,51,52)/t27?,28-,33?,39?,41+/m0/s1. The lowest BCUT2D eigenvalue weighted by Gasteiger charge is -2.43. The van der Waals surface area contributed by atoms with Gasteiger partial charge in [0, 0.05) is 69.9 Å². The number of benzene rings is 3. The topological polar surface area (TPSA) is 114 Å². The van der Waals surface area contributed by atoms with E-state index in [0.29, 0.717) is 40.7 Å². The molecule has 2 saturated heterocycles. The molecular weight excluding hydrogens is 679 g/mol. The minimum atomic E-state index is -0.934. The second-order valence-corrected chi connectivity index (χ2v) is 16.6. The number of piperazine rings is 1. The van der Waals surface area contributed by atoms with Gasteiger partial charge in [0.15, 0.2) is 0 Å². The molecule has 3 atom stereocenters. The molecule has 0 spiro atoms. The van der Waals surface area contributed by atoms with Crippen molar-refractivity contribution in [2.75, 3.05) is 37.6 Å². The Bertz CT molecular complexity index is 1930. The second-order valence-electron chi connectivity index (χ2n) is 16.6. The molecule has 4 amide bonds. The van der Waals surface area contributed by atoms with Gasteiger partial charge < -0.3 is 10.0 Å². The number of carbonyl (C=O) groups is 4. The second kappa shape index (κ2) is 14.3. The van der Waals surface area contributed by atoms with E-state index in [9.17, 15) is 24.3 Å². The van der Waals surface area contributed by atoms with Crippen LogP contribution in [0.3, 0.4) is 0 Å². The van der Waals surface area contributed by atoms with E-state index in [2.05, 4.69) is 57.3 Å². The average molecular weight is 730 g/mol. The van der Waals surface area contributed by atoms with Gasteiger partial charge >= 0.3 is 0 Å². The Balaban J connectivity index is 0.753. The molecule has 0 radical (unpaired) electrons. The SMILES string of the molecule is CC[C@H]1CCc2cc(O)ccc2[C@H]1c1ccc(N2CCN(C3CCC(CN4Cc5cc6c(cc5C4)C(=O)N(C4CCC(=O)NC4=O)C6=O)CC3)CC2)cc1. The normalized spacial score (nSPS) is 27.5. The zero-order chi connectivity index (χ0) is 37.1. The van der Waals surface area contributed by atoms with Crippen molar-refractivity contribution in [3.8, 4) is 5.75 Å². The first-order valence-electron chi connectivity index (χ1n) is 20.2. The van der Waals surface area contributed by atoms with Crippen LogP contribution < -0.4 is 10.2 Å². The molecule has 4 aliphatic heterocycles. The van der Waals surface area contributed by atoms with Gasteiger partial charge in [0.2, 0.25) is 11.8 Å². The maximum Gasteiger partial charge on any atom is 0.262 e. The Labute approximate surface area is 317 Å². The molecule has 3 fully saturated rings. The van der Waals surface area contributed by atoms with Crippen molar-refractivity contribution in [1.82, 2.24) is 20.0 Å². The van der Waals surface area contributed by atoms with E-state index < -0.39 is 23.8 Å². The summed E-state index contributed by atoms with van der Waals surface area (Å²) in [6.45, 7) is 9.15. The predicted molar refractivity (Wildman–Crippen MR) is 205 cm³/mol. The number of fused-ring (bicyclic) bond motifs is 3. The summed E-state index contributed by atoms with van der Waals surface area (Å²) >= 11 is 0. The molecule has 0 aromatic heterocycles. The number of aromatic hydroxyl groups is 1. The van der Waals surface area contributed by atoms with Crippen molar-refractivity contribution >= 4 is 29.3 Å². The van der Waals surface area contributed by atoms with Crippen LogP contribution in [0.1, 0.15) is 113 Å². The van der Waals surface area contributed by atoms with Crippen molar-refractivity contribution in [3.05, 3.63) is 93.5 Å². The monoisotopic (exact) mass is 729 g/mol. The number of nitrogens with zero attached hydrogens (tertiary/aromatic N) is 4. The Kier molecular flexibility index (Phi) is 9.30. The van der Waals surface area contributed by atoms with Crippen LogP contribution >= 0.6 is 0 Å². The van der Waals surface area contributed by atoms with Crippen LogP contribution in [-0.2, 0) is 29.1 Å². The van der Waals surface area contributed by atoms with Gasteiger partial charge in [-0.25, -0.2) is 0 Å². The highest BCUT2D eigenvalue weighted by molar-refractivity contribution is 6.23. The number of phenols is 1. The van der Waals surface area contributed by atoms with Gasteiger partial charge in [-0.2, -0.15) is 0 Å². The van der Waals surface area contributed by atoms with E-state index >= 15 is 0 Å². The molecule has 1 saturated carbocycles. The van der Waals surface area contributed by atoms with E-state index in [1.165, 1.54) is 54.5 Å². The molecule has 2 aliphatic carbocycles. The largest absolute Gasteiger partial charge is 0.508 e. The van der Waals surface area contributed by atoms with Crippen molar-refractivity contribution in [2.24, 2.45) is 11.8 Å². The molecule has 2 N–H and O–H groups in total. The van der Waals surface area contributed by atoms with Crippen LogP contribution in [0.5, 0.6) is 5.75 Å². The third-order valence-corrected chi connectivity index (χ3v) is 13.6. The number of piperidine rings is 1. The van der Waals surface area contributed by atoms with Crippen LogP contribution in [0.15, 0.2) is 54.6 Å². The fourth-order valence-corrected chi connectivity index (χ4v) is 10.6. The molecule has 3 aromatic rings. The molecule has 1 unspecified atom stereocenters. The average Bonchev–Trinajstić information content (AvgIpc) is 3.69. The van der Waals surface area contributed by atoms with Crippen molar-refractivity contribution in [1.29, 1.82) is 0 Å². The first-order valence-corrected chi connectivity index (χ1v) is 20.2. The summed E-state index contributed by atoms with van der Waals surface area (Å²) in [5.74, 6) is 0.211. The van der Waals surface area contributed by atoms with Gasteiger partial charge in [0.05, 0.1) is 11.1 Å². The molecule has 54 heavy (non-hydrogen) atoms. The first-order chi connectivity index (χ1) is 26.2. The predicted octanol–water partition coefficient (Wildman–Crippen LogP) is 5.59. The molecule has 282 valence electrons. The Morgan fingerprint density at radius 1 is 0.741 bits per heavy atom. The number of carbonyl (C=O) groups excluding carboxylic acids is 4. The minimum Gasteiger partial charge on any atom is -0.508 e. The zero-order valence-electron chi connectivity index (χ0n) is 31.3. The van der Waals surface area contributed by atoms with Gasteiger partial charge in [0.1, 0.15) is 11.8 Å². The zero-order valence-corrected chi connectivity index (χ0v) is 31.3. The van der Waals surface area contributed by atoms with Crippen LogP contribution in [0.4, 0.5) is 5.69 Å². The third-order valence-electron chi connectivity index (χ3n) is 13.6. The number of phenolic OH excluding ortho intramolecular Hbond substituents is 1. The van der Waals surface area contributed by atoms with Crippen LogP contribution in [0, 0.1) is 11.8 Å². The lowest BCUT2D eigenvalue weighted by atomic mass is 9.71. The highest BCUT2D eigenvalue weighted by Crippen LogP contribution is 2.44. The van der Waals surface area contributed by atoms with Gasteiger partial charge in [-0.1, -0.05) is 31.5 Å². The fraction of sp³-hybridized carbons (Fsp3) is 0.500. The number of hydrogen-bond donors (Lipinski definition) is 2. The molecule has 6 aliphatic rings. The number of aryl methyl sites for hydroxylation is 1. The molecule has 10 nitrogen and oxygen atoms in total. The highest BCUT2D eigenvalue weighted by atomic mass is 16.3. The van der Waals surface area contributed by atoms with E-state index in [1.54, 1.807) is 0 Å². The van der Waals surface area contributed by atoms with Gasteiger partial charge in [0.25, 0.3) is 11.8 Å². The quantitative estimate of drug-likeness (QED) is 0.303. The molecule has 10 heteroatoms. The van der Waals surface area contributed by atoms with Crippen LogP contribution in [0.2, 0.25) is 0 Å².